The van der Waals surface area contributed by atoms with E-state index in [1.165, 1.54) is 11.6 Å². The van der Waals surface area contributed by atoms with Crippen LogP contribution in [-0.4, -0.2) is 31.7 Å². The van der Waals surface area contributed by atoms with Crippen LogP contribution in [0.2, 0.25) is 10.0 Å². The molecular weight excluding hydrogens is 447 g/mol. The topological polar surface area (TPSA) is 50.3 Å². The van der Waals surface area contributed by atoms with Crippen molar-refractivity contribution in [3.8, 4) is 11.3 Å². The normalized spacial score (nSPS) is 15.6. The maximum absolute atomic E-state index is 13.0. The highest BCUT2D eigenvalue weighted by molar-refractivity contribution is 7.92. The highest BCUT2D eigenvalue weighted by atomic mass is 35.5. The van der Waals surface area contributed by atoms with Crippen LogP contribution in [0.1, 0.15) is 18.4 Å². The van der Waals surface area contributed by atoms with E-state index < -0.39 is 15.1 Å². The molecule has 0 bridgehead atoms. The molecule has 1 aliphatic heterocycles. The van der Waals surface area contributed by atoms with Crippen LogP contribution in [0.4, 0.5) is 5.13 Å². The van der Waals surface area contributed by atoms with Crippen LogP contribution in [0.15, 0.2) is 52.7 Å². The van der Waals surface area contributed by atoms with Crippen LogP contribution < -0.4 is 4.90 Å². The summed E-state index contributed by atoms with van der Waals surface area (Å²) in [5.74, 6) is 0. The number of aryl methyl sites for hydroxylation is 1. The molecule has 152 valence electrons. The quantitative estimate of drug-likeness (QED) is 0.482. The summed E-state index contributed by atoms with van der Waals surface area (Å²) in [6.45, 7) is 3.34. The number of piperidine rings is 1. The summed E-state index contributed by atoms with van der Waals surface area (Å²) >= 11 is 13.8. The molecule has 0 radical (unpaired) electrons. The smallest absolute Gasteiger partial charge is 0.185 e. The van der Waals surface area contributed by atoms with Gasteiger partial charge in [0.1, 0.15) is 0 Å². The third-order valence-electron chi connectivity index (χ3n) is 5.21. The average Bonchev–Trinajstić information content (AvgIpc) is 3.21. The number of halogens is 2. The number of aromatic nitrogens is 1. The molecule has 1 aliphatic rings. The first-order valence-electron chi connectivity index (χ1n) is 9.31. The lowest BCUT2D eigenvalue weighted by Crippen LogP contribution is -2.39. The highest BCUT2D eigenvalue weighted by Crippen LogP contribution is 2.35. The van der Waals surface area contributed by atoms with Crippen molar-refractivity contribution >= 4 is 49.5 Å². The predicted octanol–water partition coefficient (Wildman–Crippen LogP) is 5.87. The predicted molar refractivity (Wildman–Crippen MR) is 121 cm³/mol. The van der Waals surface area contributed by atoms with Gasteiger partial charge in [0.25, 0.3) is 0 Å². The summed E-state index contributed by atoms with van der Waals surface area (Å²) in [6.07, 6.45) is 1.06. The second-order valence-corrected chi connectivity index (χ2v) is 11.0. The minimum Gasteiger partial charge on any atom is -0.348 e. The maximum atomic E-state index is 13.0. The third-order valence-corrected chi connectivity index (χ3v) is 9.35. The van der Waals surface area contributed by atoms with Crippen LogP contribution in [0.3, 0.4) is 0 Å². The van der Waals surface area contributed by atoms with Crippen molar-refractivity contribution < 1.29 is 8.42 Å². The first-order valence-corrected chi connectivity index (χ1v) is 12.5. The second kappa shape index (κ2) is 8.26. The molecule has 0 aliphatic carbocycles. The summed E-state index contributed by atoms with van der Waals surface area (Å²) in [4.78, 5) is 7.05. The number of rotatable bonds is 4. The molecule has 4 nitrogen and oxygen atoms in total. The summed E-state index contributed by atoms with van der Waals surface area (Å²) < 4.78 is 26.1. The first kappa shape index (κ1) is 20.7. The largest absolute Gasteiger partial charge is 0.348 e. The molecule has 0 atom stereocenters. The average molecular weight is 467 g/mol. The molecule has 0 N–H and O–H groups in total. The molecule has 0 amide bonds. The monoisotopic (exact) mass is 466 g/mol. The number of nitrogens with zero attached hydrogens (tertiary/aromatic N) is 2. The van der Waals surface area contributed by atoms with Crippen LogP contribution in [0, 0.1) is 6.92 Å². The fraction of sp³-hybridized carbons (Fsp3) is 0.286. The number of hydrogen-bond acceptors (Lipinski definition) is 5. The van der Waals surface area contributed by atoms with E-state index in [9.17, 15) is 8.42 Å². The molecular formula is C21H20Cl2N2O2S2. The van der Waals surface area contributed by atoms with Gasteiger partial charge >= 0.3 is 0 Å². The summed E-state index contributed by atoms with van der Waals surface area (Å²) in [6, 6.07) is 13.0. The molecule has 8 heteroatoms. The Kier molecular flexibility index (Phi) is 5.89. The molecule has 29 heavy (non-hydrogen) atoms. The van der Waals surface area contributed by atoms with Gasteiger partial charge in [0, 0.05) is 24.0 Å². The number of hydrogen-bond donors (Lipinski definition) is 0. The lowest BCUT2D eigenvalue weighted by Gasteiger charge is -2.31. The van der Waals surface area contributed by atoms with Crippen LogP contribution in [0.25, 0.3) is 11.3 Å². The second-order valence-electron chi connectivity index (χ2n) is 7.16. The Labute approximate surface area is 185 Å². The van der Waals surface area contributed by atoms with Gasteiger partial charge in [0.2, 0.25) is 0 Å². The Bertz CT molecular complexity index is 1120. The summed E-state index contributed by atoms with van der Waals surface area (Å²) in [7, 11) is -3.52. The van der Waals surface area contributed by atoms with Gasteiger partial charge < -0.3 is 4.90 Å². The van der Waals surface area contributed by atoms with Crippen molar-refractivity contribution in [2.24, 2.45) is 0 Å². The molecule has 1 aromatic heterocycles. The zero-order valence-electron chi connectivity index (χ0n) is 15.8. The highest BCUT2D eigenvalue weighted by Gasteiger charge is 2.33. The van der Waals surface area contributed by atoms with E-state index in [1.807, 2.05) is 0 Å². The zero-order valence-corrected chi connectivity index (χ0v) is 19.0. The first-order chi connectivity index (χ1) is 13.9. The summed E-state index contributed by atoms with van der Waals surface area (Å²) in [5, 5.41) is 2.88. The molecule has 1 saturated heterocycles. The molecule has 4 rings (SSSR count). The van der Waals surface area contributed by atoms with E-state index in [0.29, 0.717) is 25.9 Å². The van der Waals surface area contributed by atoms with Crippen molar-refractivity contribution in [3.05, 3.63) is 63.5 Å². The molecule has 1 fully saturated rings. The third kappa shape index (κ3) is 4.17. The van der Waals surface area contributed by atoms with Crippen LogP contribution in [-0.2, 0) is 9.84 Å². The number of sulfone groups is 1. The maximum Gasteiger partial charge on any atom is 0.185 e. The lowest BCUT2D eigenvalue weighted by molar-refractivity contribution is 0.529. The zero-order chi connectivity index (χ0) is 20.6. The van der Waals surface area contributed by atoms with Gasteiger partial charge in [0.15, 0.2) is 15.0 Å². The van der Waals surface area contributed by atoms with E-state index in [0.717, 1.165) is 16.4 Å². The van der Waals surface area contributed by atoms with Crippen molar-refractivity contribution in [2.75, 3.05) is 18.0 Å². The molecule has 2 heterocycles. The Morgan fingerprint density at radius 3 is 2.45 bits per heavy atom. The van der Waals surface area contributed by atoms with Gasteiger partial charge in [-0.15, -0.1) is 11.3 Å². The molecule has 3 aromatic rings. The van der Waals surface area contributed by atoms with Gasteiger partial charge in [-0.2, -0.15) is 0 Å². The van der Waals surface area contributed by atoms with Gasteiger partial charge in [-0.05, 0) is 31.9 Å². The van der Waals surface area contributed by atoms with Crippen molar-refractivity contribution in [1.82, 2.24) is 4.98 Å². The number of anilines is 1. The minimum atomic E-state index is -3.52. The Hall–Kier alpha value is -1.60. The van der Waals surface area contributed by atoms with Crippen LogP contribution >= 0.6 is 34.5 Å². The van der Waals surface area contributed by atoms with Crippen molar-refractivity contribution in [2.45, 2.75) is 29.9 Å². The Balaban J connectivity index is 1.47. The fourth-order valence-electron chi connectivity index (χ4n) is 3.51. The number of benzene rings is 2. The van der Waals surface area contributed by atoms with Crippen LogP contribution in [0.5, 0.6) is 0 Å². The standard InChI is InChI=1S/C21H20Cl2N2O2S2/c1-14-5-7-15(8-6-14)18-13-28-21(24-18)25-11-9-16(10-12-25)29(26,27)19-4-2-3-17(22)20(19)23/h2-8,13,16H,9-12H2,1H3. The van der Waals surface area contributed by atoms with E-state index in [-0.39, 0.29) is 14.9 Å². The number of thiazole rings is 1. The van der Waals surface area contributed by atoms with Gasteiger partial charge in [0.05, 0.1) is 25.9 Å². The van der Waals surface area contributed by atoms with Crippen molar-refractivity contribution in [3.63, 3.8) is 0 Å². The van der Waals surface area contributed by atoms with Gasteiger partial charge in [-0.3, -0.25) is 0 Å². The van der Waals surface area contributed by atoms with Gasteiger partial charge in [-0.1, -0.05) is 59.1 Å². The van der Waals surface area contributed by atoms with E-state index in [2.05, 4.69) is 41.5 Å². The summed E-state index contributed by atoms with van der Waals surface area (Å²) in [5.41, 5.74) is 3.25. The Morgan fingerprint density at radius 1 is 1.07 bits per heavy atom. The van der Waals surface area contributed by atoms with E-state index in [4.69, 9.17) is 28.2 Å². The Morgan fingerprint density at radius 2 is 1.76 bits per heavy atom. The fourth-order valence-corrected chi connectivity index (χ4v) is 6.89. The van der Waals surface area contributed by atoms with Crippen molar-refractivity contribution in [1.29, 1.82) is 0 Å². The molecule has 0 unspecified atom stereocenters. The SMILES string of the molecule is Cc1ccc(-c2csc(N3CCC(S(=O)(=O)c4cccc(Cl)c4Cl)CC3)n2)cc1. The molecule has 0 spiro atoms. The molecule has 2 aromatic carbocycles. The minimum absolute atomic E-state index is 0.110. The molecule has 0 saturated carbocycles. The van der Waals surface area contributed by atoms with E-state index >= 15 is 0 Å². The van der Waals surface area contributed by atoms with E-state index in [1.54, 1.807) is 23.5 Å². The lowest BCUT2D eigenvalue weighted by atomic mass is 10.1. The van der Waals surface area contributed by atoms with Gasteiger partial charge in [-0.25, -0.2) is 13.4 Å².